The van der Waals surface area contributed by atoms with Crippen molar-refractivity contribution in [2.75, 3.05) is 20.0 Å². The zero-order valence-electron chi connectivity index (χ0n) is 8.43. The molecule has 0 saturated heterocycles. The highest BCUT2D eigenvalue weighted by Gasteiger charge is 2.22. The molecule has 0 aliphatic rings. The number of ether oxygens (including phenoxy) is 2. The molecule has 0 aliphatic heterocycles. The molecular formula is C8H12N2O4S. The third-order valence-corrected chi connectivity index (χ3v) is 2.66. The molecule has 0 saturated carbocycles. The number of rotatable bonds is 5. The van der Waals surface area contributed by atoms with Crippen molar-refractivity contribution in [2.45, 2.75) is 11.3 Å². The molecule has 0 radical (unpaired) electrons. The molecule has 2 atom stereocenters. The fraction of sp³-hybridized carbons (Fsp3) is 0.625. The van der Waals surface area contributed by atoms with Crippen molar-refractivity contribution in [2.24, 2.45) is 5.73 Å². The van der Waals surface area contributed by atoms with Crippen LogP contribution < -0.4 is 5.73 Å². The highest BCUT2D eigenvalue weighted by molar-refractivity contribution is 8.00. The maximum atomic E-state index is 11.0. The first-order valence-corrected chi connectivity index (χ1v) is 5.04. The van der Waals surface area contributed by atoms with Gasteiger partial charge in [-0.2, -0.15) is 5.26 Å². The Balaban J connectivity index is 4.08. The molecule has 0 rings (SSSR count). The van der Waals surface area contributed by atoms with Crippen molar-refractivity contribution in [3.8, 4) is 6.07 Å². The van der Waals surface area contributed by atoms with Gasteiger partial charge in [-0.05, 0) is 0 Å². The SMILES string of the molecule is COC(=O)C(C#N)SC[C@H](N)C(=O)OC. The maximum Gasteiger partial charge on any atom is 0.333 e. The number of nitriles is 1. The predicted octanol–water partition coefficient (Wildman–Crippen LogP) is -0.715. The second kappa shape index (κ2) is 7.09. The lowest BCUT2D eigenvalue weighted by Gasteiger charge is -2.10. The average Bonchev–Trinajstić information content (AvgIpc) is 2.27. The van der Waals surface area contributed by atoms with Crippen LogP contribution in [-0.2, 0) is 19.1 Å². The minimum Gasteiger partial charge on any atom is -0.468 e. The summed E-state index contributed by atoms with van der Waals surface area (Å²) in [5, 5.41) is 7.64. The Morgan fingerprint density at radius 1 is 1.40 bits per heavy atom. The lowest BCUT2D eigenvalue weighted by Crippen LogP contribution is -2.35. The van der Waals surface area contributed by atoms with Gasteiger partial charge in [0.25, 0.3) is 0 Å². The fourth-order valence-corrected chi connectivity index (χ4v) is 1.53. The molecule has 0 fully saturated rings. The number of nitrogens with zero attached hydrogens (tertiary/aromatic N) is 1. The number of esters is 2. The van der Waals surface area contributed by atoms with E-state index in [1.807, 2.05) is 0 Å². The largest absolute Gasteiger partial charge is 0.468 e. The first-order valence-electron chi connectivity index (χ1n) is 3.99. The summed E-state index contributed by atoms with van der Waals surface area (Å²) in [6, 6.07) is 0.899. The Bertz CT molecular complexity index is 276. The van der Waals surface area contributed by atoms with Crippen LogP contribution in [0.5, 0.6) is 0 Å². The van der Waals surface area contributed by atoms with E-state index >= 15 is 0 Å². The topological polar surface area (TPSA) is 102 Å². The molecule has 6 nitrogen and oxygen atoms in total. The van der Waals surface area contributed by atoms with E-state index in [1.54, 1.807) is 6.07 Å². The number of thioether (sulfide) groups is 1. The number of carbonyl (C=O) groups excluding carboxylic acids is 2. The van der Waals surface area contributed by atoms with Crippen molar-refractivity contribution in [3.63, 3.8) is 0 Å². The standard InChI is InChI=1S/C8H12N2O4S/c1-13-7(11)5(10)4-15-6(3-9)8(12)14-2/h5-6H,4,10H2,1-2H3/t5-,6?/m0/s1. The van der Waals surface area contributed by atoms with E-state index in [1.165, 1.54) is 14.2 Å². The Morgan fingerprint density at radius 3 is 2.33 bits per heavy atom. The molecule has 0 spiro atoms. The smallest absolute Gasteiger partial charge is 0.333 e. The number of methoxy groups -OCH3 is 2. The monoisotopic (exact) mass is 232 g/mol. The Kier molecular flexibility index (Phi) is 6.49. The van der Waals surface area contributed by atoms with E-state index in [2.05, 4.69) is 9.47 Å². The number of hydrogen-bond acceptors (Lipinski definition) is 7. The van der Waals surface area contributed by atoms with Crippen LogP contribution in [0.4, 0.5) is 0 Å². The van der Waals surface area contributed by atoms with Crippen molar-refractivity contribution in [3.05, 3.63) is 0 Å². The number of carbonyl (C=O) groups is 2. The van der Waals surface area contributed by atoms with Gasteiger partial charge in [-0.3, -0.25) is 4.79 Å². The van der Waals surface area contributed by atoms with Crippen LogP contribution in [0.3, 0.4) is 0 Å². The van der Waals surface area contributed by atoms with Crippen LogP contribution in [0, 0.1) is 11.3 Å². The van der Waals surface area contributed by atoms with E-state index < -0.39 is 23.2 Å². The van der Waals surface area contributed by atoms with Gasteiger partial charge in [-0.25, -0.2) is 4.79 Å². The molecule has 0 bridgehead atoms. The summed E-state index contributed by atoms with van der Waals surface area (Å²) in [5.74, 6) is -1.11. The zero-order chi connectivity index (χ0) is 11.8. The summed E-state index contributed by atoms with van der Waals surface area (Å²) in [6.07, 6.45) is 0. The maximum absolute atomic E-state index is 11.0. The van der Waals surface area contributed by atoms with Gasteiger partial charge in [0.2, 0.25) is 0 Å². The van der Waals surface area contributed by atoms with E-state index in [4.69, 9.17) is 11.0 Å². The quantitative estimate of drug-likeness (QED) is 0.624. The molecule has 0 aromatic heterocycles. The first kappa shape index (κ1) is 13.7. The highest BCUT2D eigenvalue weighted by Crippen LogP contribution is 2.12. The van der Waals surface area contributed by atoms with Gasteiger partial charge in [-0.15, -0.1) is 11.8 Å². The highest BCUT2D eigenvalue weighted by atomic mass is 32.2. The summed E-state index contributed by atoms with van der Waals surface area (Å²) < 4.78 is 8.77. The Labute approximate surface area is 91.7 Å². The molecule has 15 heavy (non-hydrogen) atoms. The minimum atomic E-state index is -0.967. The van der Waals surface area contributed by atoms with Gasteiger partial charge in [0.05, 0.1) is 20.3 Å². The molecule has 84 valence electrons. The number of hydrogen-bond donors (Lipinski definition) is 1. The van der Waals surface area contributed by atoms with Crippen molar-refractivity contribution in [1.82, 2.24) is 0 Å². The van der Waals surface area contributed by atoms with E-state index in [0.717, 1.165) is 11.8 Å². The second-order valence-corrected chi connectivity index (χ2v) is 3.63. The van der Waals surface area contributed by atoms with Gasteiger partial charge in [0.15, 0.2) is 5.25 Å². The first-order chi connectivity index (χ1) is 7.06. The van der Waals surface area contributed by atoms with Crippen LogP contribution >= 0.6 is 11.8 Å². The fourth-order valence-electron chi connectivity index (χ4n) is 0.684. The van der Waals surface area contributed by atoms with Gasteiger partial charge >= 0.3 is 11.9 Å². The molecular weight excluding hydrogens is 220 g/mol. The normalized spacial score (nSPS) is 13.5. The molecule has 0 heterocycles. The van der Waals surface area contributed by atoms with Crippen molar-refractivity contribution < 1.29 is 19.1 Å². The van der Waals surface area contributed by atoms with Gasteiger partial charge in [0.1, 0.15) is 6.04 Å². The van der Waals surface area contributed by atoms with Crippen LogP contribution in [0.25, 0.3) is 0 Å². The van der Waals surface area contributed by atoms with E-state index in [0.29, 0.717) is 0 Å². The average molecular weight is 232 g/mol. The molecule has 7 heteroatoms. The summed E-state index contributed by atoms with van der Waals surface area (Å²) in [5.41, 5.74) is 5.42. The zero-order valence-corrected chi connectivity index (χ0v) is 9.24. The summed E-state index contributed by atoms with van der Waals surface area (Å²) in [6.45, 7) is 0. The van der Waals surface area contributed by atoms with E-state index in [9.17, 15) is 9.59 Å². The summed E-state index contributed by atoms with van der Waals surface area (Å²) >= 11 is 0.945. The lowest BCUT2D eigenvalue weighted by molar-refractivity contribution is -0.142. The molecule has 0 aromatic carbocycles. The molecule has 0 amide bonds. The van der Waals surface area contributed by atoms with Crippen LogP contribution in [-0.4, -0.2) is 43.2 Å². The molecule has 0 aromatic rings. The third kappa shape index (κ3) is 4.67. The lowest BCUT2D eigenvalue weighted by atomic mass is 10.4. The van der Waals surface area contributed by atoms with Crippen molar-refractivity contribution >= 4 is 23.7 Å². The molecule has 0 aliphatic carbocycles. The van der Waals surface area contributed by atoms with E-state index in [-0.39, 0.29) is 5.75 Å². The van der Waals surface area contributed by atoms with Crippen LogP contribution in [0.15, 0.2) is 0 Å². The summed E-state index contributed by atoms with van der Waals surface area (Å²) in [4.78, 5) is 21.9. The van der Waals surface area contributed by atoms with Crippen LogP contribution in [0.2, 0.25) is 0 Å². The predicted molar refractivity (Wildman–Crippen MR) is 53.9 cm³/mol. The number of nitrogens with two attached hydrogens (primary N) is 1. The van der Waals surface area contributed by atoms with Gasteiger partial charge < -0.3 is 15.2 Å². The molecule has 2 N–H and O–H groups in total. The Hall–Kier alpha value is -1.26. The van der Waals surface area contributed by atoms with Gasteiger partial charge in [-0.1, -0.05) is 0 Å². The van der Waals surface area contributed by atoms with Crippen molar-refractivity contribution in [1.29, 1.82) is 5.26 Å². The third-order valence-electron chi connectivity index (χ3n) is 1.48. The minimum absolute atomic E-state index is 0.125. The van der Waals surface area contributed by atoms with Crippen LogP contribution in [0.1, 0.15) is 0 Å². The van der Waals surface area contributed by atoms with Gasteiger partial charge in [0, 0.05) is 5.75 Å². The molecule has 1 unspecified atom stereocenters. The summed E-state index contributed by atoms with van der Waals surface area (Å²) in [7, 11) is 2.41. The second-order valence-electron chi connectivity index (χ2n) is 2.50. The Morgan fingerprint density at radius 2 is 1.93 bits per heavy atom.